The topological polar surface area (TPSA) is 52.1 Å². The van der Waals surface area contributed by atoms with Gasteiger partial charge in [-0.05, 0) is 0 Å². The normalized spacial score (nSPS) is 12.8. The summed E-state index contributed by atoms with van der Waals surface area (Å²) in [7, 11) is 0.355. The van der Waals surface area contributed by atoms with Gasteiger partial charge in [0.25, 0.3) is 0 Å². The highest BCUT2D eigenvalue weighted by Crippen LogP contribution is 2.13. The SMILES string of the molecule is COCc1nc(S(C)=O)ncc1Cl. The summed E-state index contributed by atoms with van der Waals surface area (Å²) in [6, 6.07) is 0. The van der Waals surface area contributed by atoms with E-state index in [2.05, 4.69) is 9.97 Å². The summed E-state index contributed by atoms with van der Waals surface area (Å²) in [6.07, 6.45) is 2.94. The zero-order chi connectivity index (χ0) is 9.84. The lowest BCUT2D eigenvalue weighted by Crippen LogP contribution is -2.02. The second-order valence-corrected chi connectivity index (χ2v) is 4.01. The first kappa shape index (κ1) is 10.6. The molecular weight excluding hydrogens is 212 g/mol. The highest BCUT2D eigenvalue weighted by Gasteiger charge is 2.07. The molecular formula is C7H9ClN2O2S. The third-order valence-electron chi connectivity index (χ3n) is 1.33. The van der Waals surface area contributed by atoms with Gasteiger partial charge in [-0.1, -0.05) is 11.6 Å². The number of methoxy groups -OCH3 is 1. The van der Waals surface area contributed by atoms with E-state index in [0.29, 0.717) is 17.3 Å². The van der Waals surface area contributed by atoms with Gasteiger partial charge in [-0.15, -0.1) is 0 Å². The molecule has 0 aliphatic heterocycles. The van der Waals surface area contributed by atoms with Crippen molar-refractivity contribution in [2.45, 2.75) is 11.8 Å². The van der Waals surface area contributed by atoms with E-state index >= 15 is 0 Å². The highest BCUT2D eigenvalue weighted by atomic mass is 35.5. The van der Waals surface area contributed by atoms with Crippen LogP contribution in [0.25, 0.3) is 0 Å². The van der Waals surface area contributed by atoms with E-state index < -0.39 is 10.8 Å². The van der Waals surface area contributed by atoms with Gasteiger partial charge in [-0.25, -0.2) is 9.97 Å². The molecule has 4 nitrogen and oxygen atoms in total. The molecule has 0 saturated carbocycles. The average molecular weight is 221 g/mol. The van der Waals surface area contributed by atoms with Gasteiger partial charge in [0, 0.05) is 13.4 Å². The molecule has 1 unspecified atom stereocenters. The van der Waals surface area contributed by atoms with Crippen molar-refractivity contribution < 1.29 is 8.95 Å². The molecule has 0 N–H and O–H groups in total. The Morgan fingerprint density at radius 2 is 2.38 bits per heavy atom. The van der Waals surface area contributed by atoms with Crippen LogP contribution in [0.3, 0.4) is 0 Å². The Morgan fingerprint density at radius 3 is 2.92 bits per heavy atom. The molecule has 13 heavy (non-hydrogen) atoms. The fraction of sp³-hybridized carbons (Fsp3) is 0.429. The van der Waals surface area contributed by atoms with Gasteiger partial charge in [-0.3, -0.25) is 4.21 Å². The second-order valence-electron chi connectivity index (χ2n) is 2.33. The standard InChI is InChI=1S/C7H9ClN2O2S/c1-12-4-6-5(8)3-9-7(10-6)13(2)11/h3H,4H2,1-2H3. The minimum atomic E-state index is -1.19. The van der Waals surface area contributed by atoms with Crippen molar-refractivity contribution in [3.63, 3.8) is 0 Å². The number of hydrogen-bond donors (Lipinski definition) is 0. The Kier molecular flexibility index (Phi) is 3.77. The van der Waals surface area contributed by atoms with Crippen molar-refractivity contribution in [2.75, 3.05) is 13.4 Å². The zero-order valence-corrected chi connectivity index (χ0v) is 8.85. The molecule has 1 aromatic rings. The quantitative estimate of drug-likeness (QED) is 0.714. The number of aromatic nitrogens is 2. The van der Waals surface area contributed by atoms with Crippen LogP contribution in [0.1, 0.15) is 5.69 Å². The van der Waals surface area contributed by atoms with Gasteiger partial charge in [0.15, 0.2) is 0 Å². The molecule has 0 amide bonds. The molecule has 0 bridgehead atoms. The van der Waals surface area contributed by atoms with Crippen LogP contribution in [-0.2, 0) is 22.1 Å². The first-order valence-electron chi connectivity index (χ1n) is 3.49. The Morgan fingerprint density at radius 1 is 1.69 bits per heavy atom. The average Bonchev–Trinajstić information content (AvgIpc) is 2.08. The second kappa shape index (κ2) is 4.64. The van der Waals surface area contributed by atoms with E-state index in [-0.39, 0.29) is 5.16 Å². The van der Waals surface area contributed by atoms with Crippen LogP contribution in [0.5, 0.6) is 0 Å². The predicted molar refractivity (Wildman–Crippen MR) is 50.1 cm³/mol. The number of ether oxygens (including phenoxy) is 1. The Bertz CT molecular complexity index is 332. The van der Waals surface area contributed by atoms with Gasteiger partial charge in [0.05, 0.1) is 34.3 Å². The Balaban J connectivity index is 3.03. The molecule has 0 aromatic carbocycles. The van der Waals surface area contributed by atoms with Gasteiger partial charge < -0.3 is 4.74 Å². The van der Waals surface area contributed by atoms with Crippen molar-refractivity contribution in [1.82, 2.24) is 9.97 Å². The molecule has 1 aromatic heterocycles. The number of rotatable bonds is 3. The number of nitrogens with zero attached hydrogens (tertiary/aromatic N) is 2. The molecule has 1 rings (SSSR count). The monoisotopic (exact) mass is 220 g/mol. The summed E-state index contributed by atoms with van der Waals surface area (Å²) in [6.45, 7) is 0.297. The lowest BCUT2D eigenvalue weighted by Gasteiger charge is -2.02. The molecule has 1 atom stereocenters. The van der Waals surface area contributed by atoms with Gasteiger partial charge >= 0.3 is 0 Å². The summed E-state index contributed by atoms with van der Waals surface area (Å²) in [5.41, 5.74) is 0.560. The van der Waals surface area contributed by atoms with Crippen LogP contribution in [0.4, 0.5) is 0 Å². The van der Waals surface area contributed by atoms with Gasteiger partial charge in [-0.2, -0.15) is 0 Å². The zero-order valence-electron chi connectivity index (χ0n) is 7.28. The predicted octanol–water partition coefficient (Wildman–Crippen LogP) is 1.01. The summed E-state index contributed by atoms with van der Waals surface area (Å²) in [5.74, 6) is 0. The molecule has 6 heteroatoms. The third kappa shape index (κ3) is 2.72. The van der Waals surface area contributed by atoms with Crippen molar-refractivity contribution >= 4 is 22.4 Å². The van der Waals surface area contributed by atoms with E-state index in [0.717, 1.165) is 0 Å². The summed E-state index contributed by atoms with van der Waals surface area (Å²) in [4.78, 5) is 7.82. The molecule has 0 fully saturated rings. The van der Waals surface area contributed by atoms with Crippen molar-refractivity contribution in [3.8, 4) is 0 Å². The Labute approximate surface area is 83.8 Å². The van der Waals surface area contributed by atoms with E-state index in [9.17, 15) is 4.21 Å². The third-order valence-corrected chi connectivity index (χ3v) is 2.36. The molecule has 0 aliphatic rings. The molecule has 0 aliphatic carbocycles. The number of halogens is 1. The maximum Gasteiger partial charge on any atom is 0.218 e. The van der Waals surface area contributed by atoms with Gasteiger partial charge in [0.2, 0.25) is 5.16 Å². The highest BCUT2D eigenvalue weighted by molar-refractivity contribution is 7.84. The van der Waals surface area contributed by atoms with Crippen molar-refractivity contribution in [1.29, 1.82) is 0 Å². The lowest BCUT2D eigenvalue weighted by molar-refractivity contribution is 0.181. The van der Waals surface area contributed by atoms with Crippen LogP contribution in [0.15, 0.2) is 11.4 Å². The Hall–Kier alpha value is -0.520. The van der Waals surface area contributed by atoms with Crippen molar-refractivity contribution in [2.24, 2.45) is 0 Å². The molecule has 0 radical (unpaired) electrons. The van der Waals surface area contributed by atoms with Crippen molar-refractivity contribution in [3.05, 3.63) is 16.9 Å². The van der Waals surface area contributed by atoms with Crippen LogP contribution < -0.4 is 0 Å². The summed E-state index contributed by atoms with van der Waals surface area (Å²) < 4.78 is 15.9. The number of hydrogen-bond acceptors (Lipinski definition) is 4. The summed E-state index contributed by atoms with van der Waals surface area (Å²) >= 11 is 5.78. The molecule has 1 heterocycles. The molecule has 72 valence electrons. The van der Waals surface area contributed by atoms with E-state index in [1.165, 1.54) is 12.5 Å². The van der Waals surface area contributed by atoms with E-state index in [1.54, 1.807) is 7.11 Å². The van der Waals surface area contributed by atoms with Gasteiger partial charge in [0.1, 0.15) is 0 Å². The smallest absolute Gasteiger partial charge is 0.218 e. The van der Waals surface area contributed by atoms with E-state index in [1.807, 2.05) is 0 Å². The minimum absolute atomic E-state index is 0.274. The molecule has 0 spiro atoms. The summed E-state index contributed by atoms with van der Waals surface area (Å²) in [5, 5.41) is 0.701. The lowest BCUT2D eigenvalue weighted by atomic mass is 10.4. The fourth-order valence-corrected chi connectivity index (χ4v) is 1.35. The van der Waals surface area contributed by atoms with Crippen LogP contribution >= 0.6 is 11.6 Å². The minimum Gasteiger partial charge on any atom is -0.378 e. The maximum atomic E-state index is 11.0. The fourth-order valence-electron chi connectivity index (χ4n) is 0.761. The largest absolute Gasteiger partial charge is 0.378 e. The maximum absolute atomic E-state index is 11.0. The molecule has 0 saturated heterocycles. The first-order valence-corrected chi connectivity index (χ1v) is 5.42. The van der Waals surface area contributed by atoms with Crippen LogP contribution in [0, 0.1) is 0 Å². The van der Waals surface area contributed by atoms with E-state index in [4.69, 9.17) is 16.3 Å². The van der Waals surface area contributed by atoms with Crippen LogP contribution in [0.2, 0.25) is 5.02 Å². The first-order chi connectivity index (χ1) is 6.15. The van der Waals surface area contributed by atoms with Crippen LogP contribution in [-0.4, -0.2) is 27.5 Å².